The van der Waals surface area contributed by atoms with Gasteiger partial charge in [0, 0.05) is 28.2 Å². The highest BCUT2D eigenvalue weighted by Gasteiger charge is 2.18. The summed E-state index contributed by atoms with van der Waals surface area (Å²) in [4.78, 5) is 15.7. The third-order valence-electron chi connectivity index (χ3n) is 4.19. The molecule has 1 aromatic heterocycles. The number of rotatable bonds is 3. The number of carbonyl (C=O) groups is 1. The largest absolute Gasteiger partial charge is 0.383 e. The normalized spacial score (nSPS) is 10.3. The second-order valence-corrected chi connectivity index (χ2v) is 7.01. The maximum absolute atomic E-state index is 11.2. The minimum atomic E-state index is -0.137. The molecule has 0 aliphatic rings. The molecule has 0 unspecified atom stereocenters. The number of nitrogens with two attached hydrogens (primary N) is 1. The minimum absolute atomic E-state index is 0.137. The minimum Gasteiger partial charge on any atom is -0.383 e. The summed E-state index contributed by atoms with van der Waals surface area (Å²) in [6.45, 7) is 3.39. The van der Waals surface area contributed by atoms with Gasteiger partial charge in [-0.1, -0.05) is 40.2 Å². The Morgan fingerprint density at radius 3 is 2.26 bits per heavy atom. The van der Waals surface area contributed by atoms with Crippen LogP contribution in [0.4, 0.5) is 11.5 Å². The molecule has 0 bridgehead atoms. The molecule has 134 valence electrons. The molecule has 3 aromatic rings. The number of nitrogens with zero attached hydrogens (tertiary/aromatic N) is 2. The van der Waals surface area contributed by atoms with Crippen LogP contribution >= 0.6 is 15.9 Å². The molecule has 0 fully saturated rings. The lowest BCUT2D eigenvalue weighted by molar-refractivity contribution is -0.114. The van der Waals surface area contributed by atoms with Crippen LogP contribution in [0.25, 0.3) is 22.4 Å². The number of amides is 1. The van der Waals surface area contributed by atoms with Crippen LogP contribution in [0.2, 0.25) is 0 Å². The first-order chi connectivity index (χ1) is 12.9. The fraction of sp³-hybridized carbons (Fsp3) is 0.0952. The van der Waals surface area contributed by atoms with E-state index in [2.05, 4.69) is 32.3 Å². The molecule has 5 nitrogen and oxygen atoms in total. The number of aromatic nitrogens is 1. The van der Waals surface area contributed by atoms with Crippen molar-refractivity contribution in [2.24, 2.45) is 0 Å². The molecule has 0 spiro atoms. The molecule has 0 saturated carbocycles. The van der Waals surface area contributed by atoms with Crippen LogP contribution in [-0.2, 0) is 4.79 Å². The predicted molar refractivity (Wildman–Crippen MR) is 111 cm³/mol. The number of halogens is 1. The van der Waals surface area contributed by atoms with Crippen LogP contribution in [0.5, 0.6) is 0 Å². The zero-order valence-corrected chi connectivity index (χ0v) is 16.5. The summed E-state index contributed by atoms with van der Waals surface area (Å²) in [6.07, 6.45) is 0. The Bertz CT molecular complexity index is 1050. The van der Waals surface area contributed by atoms with E-state index in [9.17, 15) is 10.1 Å². The summed E-state index contributed by atoms with van der Waals surface area (Å²) in [5, 5.41) is 12.4. The third-order valence-corrected chi connectivity index (χ3v) is 4.72. The molecule has 0 aliphatic carbocycles. The highest BCUT2D eigenvalue weighted by Crippen LogP contribution is 2.36. The molecular formula is C21H17BrN4O. The monoisotopic (exact) mass is 420 g/mol. The van der Waals surface area contributed by atoms with Gasteiger partial charge in [0.25, 0.3) is 0 Å². The lowest BCUT2D eigenvalue weighted by atomic mass is 9.92. The zero-order chi connectivity index (χ0) is 19.6. The van der Waals surface area contributed by atoms with Crippen molar-refractivity contribution in [2.45, 2.75) is 13.8 Å². The lowest BCUT2D eigenvalue weighted by Crippen LogP contribution is -2.06. The highest BCUT2D eigenvalue weighted by molar-refractivity contribution is 9.10. The summed E-state index contributed by atoms with van der Waals surface area (Å²) in [6, 6.07) is 17.3. The Hall–Kier alpha value is -3.17. The Morgan fingerprint density at radius 1 is 1.11 bits per heavy atom. The van der Waals surface area contributed by atoms with E-state index in [0.29, 0.717) is 11.3 Å². The van der Waals surface area contributed by atoms with Crippen molar-refractivity contribution in [2.75, 3.05) is 11.1 Å². The first-order valence-electron chi connectivity index (χ1n) is 8.25. The summed E-state index contributed by atoms with van der Waals surface area (Å²) in [5.74, 6) is 0.0595. The summed E-state index contributed by atoms with van der Waals surface area (Å²) in [7, 11) is 0. The van der Waals surface area contributed by atoms with Crippen molar-refractivity contribution in [3.8, 4) is 28.5 Å². The average Bonchev–Trinajstić information content (AvgIpc) is 2.64. The quantitative estimate of drug-likeness (QED) is 0.629. The van der Waals surface area contributed by atoms with E-state index < -0.39 is 0 Å². The maximum Gasteiger partial charge on any atom is 0.221 e. The molecule has 3 rings (SSSR count). The second kappa shape index (κ2) is 7.60. The van der Waals surface area contributed by atoms with Crippen molar-refractivity contribution in [3.05, 3.63) is 64.1 Å². The molecule has 0 radical (unpaired) electrons. The van der Waals surface area contributed by atoms with Gasteiger partial charge in [-0.2, -0.15) is 5.26 Å². The summed E-state index contributed by atoms with van der Waals surface area (Å²) < 4.78 is 0.972. The molecule has 0 aliphatic heterocycles. The van der Waals surface area contributed by atoms with Crippen LogP contribution in [0.3, 0.4) is 0 Å². The number of nitriles is 1. The third kappa shape index (κ3) is 3.83. The first kappa shape index (κ1) is 18.6. The van der Waals surface area contributed by atoms with Crippen LogP contribution in [-0.4, -0.2) is 10.9 Å². The zero-order valence-electron chi connectivity index (χ0n) is 14.9. The SMILES string of the molecule is CC(=O)Nc1ccc(-c2c(C)c(-c3ccc(Br)cc3)nc(N)c2C#N)cc1. The van der Waals surface area contributed by atoms with E-state index in [1.807, 2.05) is 43.3 Å². The van der Waals surface area contributed by atoms with Gasteiger partial charge in [-0.05, 0) is 42.3 Å². The van der Waals surface area contributed by atoms with Gasteiger partial charge >= 0.3 is 0 Å². The Labute approximate surface area is 166 Å². The molecule has 3 N–H and O–H groups in total. The number of anilines is 2. The standard InChI is InChI=1S/C21H17BrN4O/c1-12-19(14-5-9-17(10-6-14)25-13(2)27)18(11-23)21(24)26-20(12)15-3-7-16(22)8-4-15/h3-10H,1-2H3,(H2,24,26)(H,25,27). The molecule has 1 heterocycles. The van der Waals surface area contributed by atoms with Crippen LogP contribution in [0.15, 0.2) is 53.0 Å². The second-order valence-electron chi connectivity index (χ2n) is 6.10. The number of pyridine rings is 1. The summed E-state index contributed by atoms with van der Waals surface area (Å²) >= 11 is 3.43. The predicted octanol–water partition coefficient (Wildman–Crippen LogP) is 4.90. The van der Waals surface area contributed by atoms with Crippen LogP contribution < -0.4 is 11.1 Å². The first-order valence-corrected chi connectivity index (χ1v) is 9.04. The smallest absolute Gasteiger partial charge is 0.221 e. The van der Waals surface area contributed by atoms with E-state index in [1.54, 1.807) is 12.1 Å². The van der Waals surface area contributed by atoms with Crippen molar-refractivity contribution >= 4 is 33.3 Å². The topological polar surface area (TPSA) is 91.8 Å². The highest BCUT2D eigenvalue weighted by atomic mass is 79.9. The van der Waals surface area contributed by atoms with E-state index in [1.165, 1.54) is 6.92 Å². The molecule has 0 saturated heterocycles. The van der Waals surface area contributed by atoms with Crippen LogP contribution in [0, 0.1) is 18.3 Å². The van der Waals surface area contributed by atoms with Gasteiger partial charge in [0.2, 0.25) is 5.91 Å². The maximum atomic E-state index is 11.2. The van der Waals surface area contributed by atoms with Gasteiger partial charge < -0.3 is 11.1 Å². The van der Waals surface area contributed by atoms with Crippen LogP contribution in [0.1, 0.15) is 18.1 Å². The fourth-order valence-electron chi connectivity index (χ4n) is 2.98. The number of benzene rings is 2. The van der Waals surface area contributed by atoms with Gasteiger partial charge in [-0.25, -0.2) is 4.98 Å². The number of hydrogen-bond donors (Lipinski definition) is 2. The Balaban J connectivity index is 2.18. The number of carbonyl (C=O) groups excluding carboxylic acids is 1. The summed E-state index contributed by atoms with van der Waals surface area (Å²) in [5.41, 5.74) is 11.3. The molecule has 2 aromatic carbocycles. The molecule has 1 amide bonds. The Morgan fingerprint density at radius 2 is 1.70 bits per heavy atom. The van der Waals surface area contributed by atoms with Gasteiger partial charge in [-0.3, -0.25) is 4.79 Å². The molecule has 6 heteroatoms. The molecular weight excluding hydrogens is 404 g/mol. The number of hydrogen-bond acceptors (Lipinski definition) is 4. The van der Waals surface area contributed by atoms with Gasteiger partial charge in [0.15, 0.2) is 0 Å². The Kier molecular flexibility index (Phi) is 5.24. The van der Waals surface area contributed by atoms with Gasteiger partial charge in [-0.15, -0.1) is 0 Å². The average molecular weight is 421 g/mol. The van der Waals surface area contributed by atoms with Gasteiger partial charge in [0.05, 0.1) is 5.69 Å². The van der Waals surface area contributed by atoms with E-state index in [4.69, 9.17) is 5.73 Å². The van der Waals surface area contributed by atoms with E-state index in [0.717, 1.165) is 32.4 Å². The van der Waals surface area contributed by atoms with Crippen molar-refractivity contribution in [1.29, 1.82) is 5.26 Å². The van der Waals surface area contributed by atoms with Gasteiger partial charge in [0.1, 0.15) is 17.5 Å². The van der Waals surface area contributed by atoms with Crippen molar-refractivity contribution in [3.63, 3.8) is 0 Å². The lowest BCUT2D eigenvalue weighted by Gasteiger charge is -2.15. The molecule has 0 atom stereocenters. The van der Waals surface area contributed by atoms with Crippen molar-refractivity contribution < 1.29 is 4.79 Å². The van der Waals surface area contributed by atoms with Crippen molar-refractivity contribution in [1.82, 2.24) is 4.98 Å². The van der Waals surface area contributed by atoms with E-state index in [-0.39, 0.29) is 11.7 Å². The number of nitrogen functional groups attached to an aromatic ring is 1. The fourth-order valence-corrected chi connectivity index (χ4v) is 3.24. The number of nitrogens with one attached hydrogen (secondary N) is 1. The van der Waals surface area contributed by atoms with E-state index >= 15 is 0 Å². The molecule has 27 heavy (non-hydrogen) atoms.